The van der Waals surface area contributed by atoms with Gasteiger partial charge in [-0.15, -0.1) is 0 Å². The predicted molar refractivity (Wildman–Crippen MR) is 61.1 cm³/mol. The molecule has 1 N–H and O–H groups in total. The normalized spacial score (nSPS) is 26.4. The lowest BCUT2D eigenvalue weighted by atomic mass is 10.0. The summed E-state index contributed by atoms with van der Waals surface area (Å²) in [6, 6.07) is 0.528. The van der Waals surface area contributed by atoms with Crippen LogP contribution in [0.25, 0.3) is 0 Å². The van der Waals surface area contributed by atoms with Crippen molar-refractivity contribution in [3.8, 4) is 0 Å². The van der Waals surface area contributed by atoms with Crippen LogP contribution < -0.4 is 5.32 Å². The van der Waals surface area contributed by atoms with Gasteiger partial charge in [0.2, 0.25) is 0 Å². The van der Waals surface area contributed by atoms with Gasteiger partial charge in [0, 0.05) is 32.2 Å². The van der Waals surface area contributed by atoms with Crippen LogP contribution in [0.15, 0.2) is 0 Å². The standard InChI is InChI=1S/C11H24N2O2/c1-4-12-11-9-15-8-10(11)7-13(2)5-6-14-3/h10-12H,4-9H2,1-3H3. The zero-order valence-corrected chi connectivity index (χ0v) is 10.2. The van der Waals surface area contributed by atoms with Crippen LogP contribution in [-0.4, -0.2) is 64.6 Å². The molecule has 0 amide bonds. The second kappa shape index (κ2) is 7.17. The van der Waals surface area contributed by atoms with E-state index in [9.17, 15) is 0 Å². The van der Waals surface area contributed by atoms with Crippen molar-refractivity contribution in [2.45, 2.75) is 13.0 Å². The lowest BCUT2D eigenvalue weighted by molar-refractivity contribution is 0.142. The second-order valence-corrected chi connectivity index (χ2v) is 4.22. The molecule has 0 radical (unpaired) electrons. The highest BCUT2D eigenvalue weighted by molar-refractivity contribution is 4.82. The first-order valence-electron chi connectivity index (χ1n) is 5.76. The average Bonchev–Trinajstić information content (AvgIpc) is 2.63. The van der Waals surface area contributed by atoms with Crippen LogP contribution in [0.3, 0.4) is 0 Å². The molecule has 90 valence electrons. The zero-order valence-electron chi connectivity index (χ0n) is 10.2. The molecule has 0 aromatic carbocycles. The summed E-state index contributed by atoms with van der Waals surface area (Å²) in [5.41, 5.74) is 0. The van der Waals surface area contributed by atoms with E-state index in [2.05, 4.69) is 24.2 Å². The first kappa shape index (κ1) is 12.9. The van der Waals surface area contributed by atoms with Crippen molar-refractivity contribution >= 4 is 0 Å². The van der Waals surface area contributed by atoms with E-state index in [1.165, 1.54) is 0 Å². The zero-order chi connectivity index (χ0) is 11.1. The van der Waals surface area contributed by atoms with Crippen LogP contribution in [-0.2, 0) is 9.47 Å². The Hall–Kier alpha value is -0.160. The van der Waals surface area contributed by atoms with E-state index in [4.69, 9.17) is 9.47 Å². The molecule has 1 aliphatic heterocycles. The highest BCUT2D eigenvalue weighted by atomic mass is 16.5. The molecule has 1 rings (SSSR count). The number of rotatable bonds is 7. The Bertz CT molecular complexity index is 167. The Morgan fingerprint density at radius 1 is 1.47 bits per heavy atom. The maximum atomic E-state index is 5.51. The molecule has 1 saturated heterocycles. The molecule has 0 aliphatic carbocycles. The fraction of sp³-hybridized carbons (Fsp3) is 1.00. The van der Waals surface area contributed by atoms with Gasteiger partial charge in [0.25, 0.3) is 0 Å². The third kappa shape index (κ3) is 4.47. The number of nitrogens with zero attached hydrogens (tertiary/aromatic N) is 1. The minimum absolute atomic E-state index is 0.528. The summed E-state index contributed by atoms with van der Waals surface area (Å²) in [5, 5.41) is 3.47. The van der Waals surface area contributed by atoms with Crippen LogP contribution in [0.5, 0.6) is 0 Å². The first-order valence-corrected chi connectivity index (χ1v) is 5.76. The van der Waals surface area contributed by atoms with Crippen molar-refractivity contribution in [3.05, 3.63) is 0 Å². The molecule has 1 aliphatic rings. The molecule has 0 saturated carbocycles. The second-order valence-electron chi connectivity index (χ2n) is 4.22. The summed E-state index contributed by atoms with van der Waals surface area (Å²) in [6.07, 6.45) is 0. The molecule has 0 aromatic heterocycles. The largest absolute Gasteiger partial charge is 0.383 e. The van der Waals surface area contributed by atoms with Gasteiger partial charge in [-0.05, 0) is 13.6 Å². The average molecular weight is 216 g/mol. The summed E-state index contributed by atoms with van der Waals surface area (Å²) in [5.74, 6) is 0.617. The van der Waals surface area contributed by atoms with Gasteiger partial charge in [0.1, 0.15) is 0 Å². The van der Waals surface area contributed by atoms with Crippen LogP contribution in [0, 0.1) is 5.92 Å². The van der Waals surface area contributed by atoms with Crippen LogP contribution in [0.2, 0.25) is 0 Å². The molecule has 4 nitrogen and oxygen atoms in total. The predicted octanol–water partition coefficient (Wildman–Crippen LogP) is 0.189. The number of hydrogen-bond acceptors (Lipinski definition) is 4. The topological polar surface area (TPSA) is 33.7 Å². The monoisotopic (exact) mass is 216 g/mol. The van der Waals surface area contributed by atoms with Gasteiger partial charge in [-0.3, -0.25) is 0 Å². The third-order valence-electron chi connectivity index (χ3n) is 2.89. The van der Waals surface area contributed by atoms with E-state index < -0.39 is 0 Å². The number of methoxy groups -OCH3 is 1. The Morgan fingerprint density at radius 3 is 2.93 bits per heavy atom. The Kier molecular flexibility index (Phi) is 6.17. The quantitative estimate of drug-likeness (QED) is 0.659. The molecule has 0 aromatic rings. The maximum Gasteiger partial charge on any atom is 0.0623 e. The smallest absolute Gasteiger partial charge is 0.0623 e. The number of likely N-dealkylation sites (N-methyl/N-ethyl adjacent to an activating group) is 2. The van der Waals surface area contributed by atoms with Crippen molar-refractivity contribution in [3.63, 3.8) is 0 Å². The van der Waals surface area contributed by atoms with Crippen molar-refractivity contribution in [1.29, 1.82) is 0 Å². The number of ether oxygens (including phenoxy) is 2. The van der Waals surface area contributed by atoms with Gasteiger partial charge in [0.15, 0.2) is 0 Å². The van der Waals surface area contributed by atoms with Gasteiger partial charge < -0.3 is 19.7 Å². The lowest BCUT2D eigenvalue weighted by Crippen LogP contribution is -2.41. The lowest BCUT2D eigenvalue weighted by Gasteiger charge is -2.24. The SMILES string of the molecule is CCNC1COCC1CN(C)CCOC. The summed E-state index contributed by atoms with van der Waals surface area (Å²) >= 11 is 0. The van der Waals surface area contributed by atoms with E-state index in [1.54, 1.807) is 7.11 Å². The van der Waals surface area contributed by atoms with Gasteiger partial charge in [0.05, 0.1) is 19.8 Å². The molecule has 2 atom stereocenters. The Balaban J connectivity index is 2.23. The van der Waals surface area contributed by atoms with Crippen LogP contribution in [0.4, 0.5) is 0 Å². The molecule has 4 heteroatoms. The highest BCUT2D eigenvalue weighted by Gasteiger charge is 2.27. The minimum atomic E-state index is 0.528. The van der Waals surface area contributed by atoms with E-state index in [0.29, 0.717) is 12.0 Å². The number of nitrogens with one attached hydrogen (secondary N) is 1. The molecule has 0 bridgehead atoms. The molecular formula is C11H24N2O2. The van der Waals surface area contributed by atoms with E-state index >= 15 is 0 Å². The fourth-order valence-electron chi connectivity index (χ4n) is 2.01. The summed E-state index contributed by atoms with van der Waals surface area (Å²) in [7, 11) is 3.88. The fourth-order valence-corrected chi connectivity index (χ4v) is 2.01. The van der Waals surface area contributed by atoms with Crippen molar-refractivity contribution in [1.82, 2.24) is 10.2 Å². The maximum absolute atomic E-state index is 5.51. The third-order valence-corrected chi connectivity index (χ3v) is 2.89. The molecular weight excluding hydrogens is 192 g/mol. The highest BCUT2D eigenvalue weighted by Crippen LogP contribution is 2.14. The summed E-state index contributed by atoms with van der Waals surface area (Å²) in [6.45, 7) is 7.78. The minimum Gasteiger partial charge on any atom is -0.383 e. The molecule has 15 heavy (non-hydrogen) atoms. The van der Waals surface area contributed by atoms with Gasteiger partial charge in [-0.1, -0.05) is 6.92 Å². The Morgan fingerprint density at radius 2 is 2.27 bits per heavy atom. The van der Waals surface area contributed by atoms with E-state index in [0.717, 1.165) is 39.5 Å². The molecule has 1 heterocycles. The van der Waals surface area contributed by atoms with E-state index in [1.807, 2.05) is 0 Å². The Labute approximate surface area is 92.9 Å². The van der Waals surface area contributed by atoms with Crippen molar-refractivity contribution < 1.29 is 9.47 Å². The molecule has 0 spiro atoms. The first-order chi connectivity index (χ1) is 7.27. The molecule has 2 unspecified atom stereocenters. The van der Waals surface area contributed by atoms with Gasteiger partial charge in [-0.2, -0.15) is 0 Å². The summed E-state index contributed by atoms with van der Waals surface area (Å²) in [4.78, 5) is 2.31. The molecule has 1 fully saturated rings. The van der Waals surface area contributed by atoms with Crippen molar-refractivity contribution in [2.24, 2.45) is 5.92 Å². The van der Waals surface area contributed by atoms with Crippen LogP contribution in [0.1, 0.15) is 6.92 Å². The van der Waals surface area contributed by atoms with Gasteiger partial charge >= 0.3 is 0 Å². The number of hydrogen-bond donors (Lipinski definition) is 1. The summed E-state index contributed by atoms with van der Waals surface area (Å²) < 4.78 is 10.6. The van der Waals surface area contributed by atoms with Gasteiger partial charge in [-0.25, -0.2) is 0 Å². The van der Waals surface area contributed by atoms with E-state index in [-0.39, 0.29) is 0 Å². The van der Waals surface area contributed by atoms with Crippen LogP contribution >= 0.6 is 0 Å². The van der Waals surface area contributed by atoms with Crippen molar-refractivity contribution in [2.75, 3.05) is 53.6 Å².